The highest BCUT2D eigenvalue weighted by Crippen LogP contribution is 2.30. The quantitative estimate of drug-likeness (QED) is 0.789. The Hall–Kier alpha value is -2.41. The summed E-state index contributed by atoms with van der Waals surface area (Å²) in [5.41, 5.74) is 0.885. The van der Waals surface area contributed by atoms with E-state index in [4.69, 9.17) is 14.0 Å². The van der Waals surface area contributed by atoms with Crippen molar-refractivity contribution in [2.24, 2.45) is 0 Å². The van der Waals surface area contributed by atoms with E-state index in [9.17, 15) is 4.79 Å². The number of hydrogen-bond donors (Lipinski definition) is 0. The Labute approximate surface area is 153 Å². The first kappa shape index (κ1) is 18.4. The van der Waals surface area contributed by atoms with E-state index in [1.54, 1.807) is 14.2 Å². The van der Waals surface area contributed by atoms with Crippen LogP contribution in [-0.4, -0.2) is 41.7 Å². The molecule has 1 aromatic heterocycles. The van der Waals surface area contributed by atoms with Gasteiger partial charge in [-0.3, -0.25) is 4.79 Å². The first-order valence-corrected chi connectivity index (χ1v) is 8.95. The van der Waals surface area contributed by atoms with Crippen LogP contribution in [0.15, 0.2) is 28.8 Å². The molecule has 0 spiro atoms. The molecule has 7 heteroatoms. The van der Waals surface area contributed by atoms with E-state index in [-0.39, 0.29) is 18.6 Å². The SMILES string of the molecule is COCc1nc([C@@H]2CCCCCN2C(=O)Cc2ccccc2OC)no1. The number of aromatic nitrogens is 2. The molecule has 2 aromatic rings. The van der Waals surface area contributed by atoms with Crippen LogP contribution in [-0.2, 0) is 22.6 Å². The van der Waals surface area contributed by atoms with Gasteiger partial charge in [0.05, 0.1) is 19.6 Å². The predicted molar refractivity (Wildman–Crippen MR) is 94.6 cm³/mol. The Morgan fingerprint density at radius 1 is 1.27 bits per heavy atom. The van der Waals surface area contributed by atoms with E-state index >= 15 is 0 Å². The van der Waals surface area contributed by atoms with Crippen molar-refractivity contribution in [3.63, 3.8) is 0 Å². The van der Waals surface area contributed by atoms with Crippen molar-refractivity contribution in [2.75, 3.05) is 20.8 Å². The van der Waals surface area contributed by atoms with Gasteiger partial charge in [-0.15, -0.1) is 0 Å². The highest BCUT2D eigenvalue weighted by Gasteiger charge is 2.30. The van der Waals surface area contributed by atoms with E-state index in [0.29, 0.717) is 24.7 Å². The Kier molecular flexibility index (Phi) is 6.22. The minimum Gasteiger partial charge on any atom is -0.496 e. The van der Waals surface area contributed by atoms with Crippen LogP contribution in [0.4, 0.5) is 0 Å². The molecule has 1 aliphatic heterocycles. The second kappa shape index (κ2) is 8.80. The molecule has 0 radical (unpaired) electrons. The second-order valence-corrected chi connectivity index (χ2v) is 6.42. The number of hydrogen-bond acceptors (Lipinski definition) is 6. The molecule has 140 valence electrons. The first-order chi connectivity index (χ1) is 12.7. The number of ether oxygens (including phenoxy) is 2. The molecule has 0 bridgehead atoms. The molecule has 1 fully saturated rings. The first-order valence-electron chi connectivity index (χ1n) is 8.95. The normalized spacial score (nSPS) is 17.8. The van der Waals surface area contributed by atoms with Gasteiger partial charge in [-0.05, 0) is 18.9 Å². The summed E-state index contributed by atoms with van der Waals surface area (Å²) in [7, 11) is 3.20. The zero-order chi connectivity index (χ0) is 18.4. The monoisotopic (exact) mass is 359 g/mol. The van der Waals surface area contributed by atoms with Crippen LogP contribution in [0, 0.1) is 0 Å². The lowest BCUT2D eigenvalue weighted by atomic mass is 10.1. The fourth-order valence-corrected chi connectivity index (χ4v) is 3.37. The fourth-order valence-electron chi connectivity index (χ4n) is 3.37. The van der Waals surface area contributed by atoms with Crippen molar-refractivity contribution >= 4 is 5.91 Å². The summed E-state index contributed by atoms with van der Waals surface area (Å²) in [5, 5.41) is 4.09. The van der Waals surface area contributed by atoms with Crippen molar-refractivity contribution in [2.45, 2.75) is 44.8 Å². The van der Waals surface area contributed by atoms with Crippen LogP contribution in [0.5, 0.6) is 5.75 Å². The molecule has 26 heavy (non-hydrogen) atoms. The average molecular weight is 359 g/mol. The molecule has 0 unspecified atom stereocenters. The Balaban J connectivity index is 1.80. The van der Waals surface area contributed by atoms with Crippen LogP contribution in [0.25, 0.3) is 0 Å². The molecule has 7 nitrogen and oxygen atoms in total. The number of likely N-dealkylation sites (tertiary alicyclic amines) is 1. The Morgan fingerprint density at radius 2 is 2.12 bits per heavy atom. The van der Waals surface area contributed by atoms with Crippen LogP contribution in [0.3, 0.4) is 0 Å². The molecule has 1 aliphatic rings. The third-order valence-electron chi connectivity index (χ3n) is 4.66. The number of benzene rings is 1. The standard InChI is InChI=1S/C19H25N3O4/c1-24-13-17-20-19(21-26-17)15-9-4-3-7-11-22(15)18(23)12-14-8-5-6-10-16(14)25-2/h5-6,8,10,15H,3-4,7,9,11-13H2,1-2H3/t15-/m0/s1. The van der Waals surface area contributed by atoms with E-state index in [1.807, 2.05) is 29.2 Å². The lowest BCUT2D eigenvalue weighted by molar-refractivity contribution is -0.133. The van der Waals surface area contributed by atoms with Crippen LogP contribution in [0.1, 0.15) is 49.0 Å². The summed E-state index contributed by atoms with van der Waals surface area (Å²) in [6, 6.07) is 7.46. The summed E-state index contributed by atoms with van der Waals surface area (Å²) in [6.07, 6.45) is 4.25. The van der Waals surface area contributed by atoms with Gasteiger partial charge in [0.15, 0.2) is 5.82 Å². The molecule has 1 atom stereocenters. The lowest BCUT2D eigenvalue weighted by Crippen LogP contribution is -2.36. The smallest absolute Gasteiger partial charge is 0.252 e. The maximum atomic E-state index is 13.1. The highest BCUT2D eigenvalue weighted by atomic mass is 16.5. The average Bonchev–Trinajstić information content (AvgIpc) is 2.97. The van der Waals surface area contributed by atoms with Gasteiger partial charge in [-0.25, -0.2) is 0 Å². The molecule has 1 amide bonds. The van der Waals surface area contributed by atoms with Gasteiger partial charge in [0.1, 0.15) is 12.4 Å². The number of methoxy groups -OCH3 is 2. The zero-order valence-electron chi connectivity index (χ0n) is 15.3. The maximum absolute atomic E-state index is 13.1. The number of para-hydroxylation sites is 1. The molecule has 1 aromatic carbocycles. The predicted octanol–water partition coefficient (Wildman–Crippen LogP) is 2.91. The number of carbonyl (C=O) groups is 1. The number of rotatable bonds is 6. The van der Waals surface area contributed by atoms with Crippen LogP contribution < -0.4 is 4.74 Å². The van der Waals surface area contributed by atoms with Crippen molar-refractivity contribution < 1.29 is 18.8 Å². The second-order valence-electron chi connectivity index (χ2n) is 6.42. The minimum absolute atomic E-state index is 0.0551. The van der Waals surface area contributed by atoms with Gasteiger partial charge in [0.2, 0.25) is 5.91 Å². The van der Waals surface area contributed by atoms with Crippen LogP contribution >= 0.6 is 0 Å². The summed E-state index contributed by atoms with van der Waals surface area (Å²) >= 11 is 0. The largest absolute Gasteiger partial charge is 0.496 e. The summed E-state index contributed by atoms with van der Waals surface area (Å²) in [4.78, 5) is 19.4. The van der Waals surface area contributed by atoms with Gasteiger partial charge < -0.3 is 18.9 Å². The zero-order valence-corrected chi connectivity index (χ0v) is 15.3. The summed E-state index contributed by atoms with van der Waals surface area (Å²) in [5.74, 6) is 1.78. The number of nitrogens with zero attached hydrogens (tertiary/aromatic N) is 3. The van der Waals surface area contributed by atoms with E-state index in [2.05, 4.69) is 10.1 Å². The molecule has 3 rings (SSSR count). The topological polar surface area (TPSA) is 77.7 Å². The van der Waals surface area contributed by atoms with Gasteiger partial charge >= 0.3 is 0 Å². The molecule has 0 N–H and O–H groups in total. The highest BCUT2D eigenvalue weighted by molar-refractivity contribution is 5.80. The molecule has 0 saturated carbocycles. The molecule has 2 heterocycles. The number of amides is 1. The third kappa shape index (κ3) is 4.22. The van der Waals surface area contributed by atoms with Crippen molar-refractivity contribution in [3.8, 4) is 5.75 Å². The van der Waals surface area contributed by atoms with Gasteiger partial charge in [0.25, 0.3) is 5.89 Å². The van der Waals surface area contributed by atoms with E-state index < -0.39 is 0 Å². The van der Waals surface area contributed by atoms with Gasteiger partial charge in [-0.1, -0.05) is 36.2 Å². The van der Waals surface area contributed by atoms with E-state index in [0.717, 1.165) is 37.0 Å². The fraction of sp³-hybridized carbons (Fsp3) is 0.526. The minimum atomic E-state index is -0.158. The van der Waals surface area contributed by atoms with Gasteiger partial charge in [-0.2, -0.15) is 4.98 Å². The van der Waals surface area contributed by atoms with Gasteiger partial charge in [0, 0.05) is 19.2 Å². The van der Waals surface area contributed by atoms with Crippen molar-refractivity contribution in [3.05, 3.63) is 41.5 Å². The van der Waals surface area contributed by atoms with Crippen molar-refractivity contribution in [1.82, 2.24) is 15.0 Å². The maximum Gasteiger partial charge on any atom is 0.252 e. The molecule has 1 saturated heterocycles. The molecule has 0 aliphatic carbocycles. The Morgan fingerprint density at radius 3 is 2.92 bits per heavy atom. The summed E-state index contributed by atoms with van der Waals surface area (Å²) in [6.45, 7) is 0.974. The molecular weight excluding hydrogens is 334 g/mol. The Bertz CT molecular complexity index is 731. The molecular formula is C19H25N3O4. The summed E-state index contributed by atoms with van der Waals surface area (Å²) < 4.78 is 15.7. The van der Waals surface area contributed by atoms with Crippen LogP contribution in [0.2, 0.25) is 0 Å². The third-order valence-corrected chi connectivity index (χ3v) is 4.66. The lowest BCUT2D eigenvalue weighted by Gasteiger charge is -2.28. The van der Waals surface area contributed by atoms with Crippen molar-refractivity contribution in [1.29, 1.82) is 0 Å². The number of carbonyl (C=O) groups excluding carboxylic acids is 1. The van der Waals surface area contributed by atoms with E-state index in [1.165, 1.54) is 0 Å².